The fraction of sp³-hybridized carbons (Fsp3) is 0.429. The molecule has 0 saturated carbocycles. The highest BCUT2D eigenvalue weighted by molar-refractivity contribution is 6.32. The van der Waals surface area contributed by atoms with Crippen molar-refractivity contribution < 1.29 is 4.74 Å². The van der Waals surface area contributed by atoms with Gasteiger partial charge in [0, 0.05) is 0 Å². The summed E-state index contributed by atoms with van der Waals surface area (Å²) in [6.45, 7) is 0.641. The summed E-state index contributed by atoms with van der Waals surface area (Å²) < 4.78 is 5.87. The highest BCUT2D eigenvalue weighted by Crippen LogP contribution is 2.28. The minimum atomic E-state index is 0.168. The maximum absolute atomic E-state index is 6.19. The van der Waals surface area contributed by atoms with E-state index < -0.39 is 0 Å². The molecule has 0 saturated heterocycles. The van der Waals surface area contributed by atoms with Crippen LogP contribution in [0.1, 0.15) is 24.8 Å². The van der Waals surface area contributed by atoms with Crippen molar-refractivity contribution in [3.63, 3.8) is 0 Å². The standard InChI is InChI=1S/C14H18ClNO/c15-13-10-11(8-9-16)6-7-14(13)17-12-4-2-1-3-5-12/h2,4,6-7,10,12H,1,3,5,8-9,16H2. The molecule has 0 bridgehead atoms. The summed E-state index contributed by atoms with van der Waals surface area (Å²) >= 11 is 6.19. The smallest absolute Gasteiger partial charge is 0.138 e. The third-order valence-electron chi connectivity index (χ3n) is 2.92. The van der Waals surface area contributed by atoms with E-state index in [4.69, 9.17) is 22.1 Å². The SMILES string of the molecule is NCCc1ccc(OC2C=CCCC2)c(Cl)c1. The molecule has 0 fully saturated rings. The van der Waals surface area contributed by atoms with E-state index >= 15 is 0 Å². The zero-order valence-corrected chi connectivity index (χ0v) is 10.6. The Morgan fingerprint density at radius 3 is 2.94 bits per heavy atom. The second kappa shape index (κ2) is 6.08. The lowest BCUT2D eigenvalue weighted by Gasteiger charge is -2.19. The summed E-state index contributed by atoms with van der Waals surface area (Å²) in [5.74, 6) is 0.768. The molecule has 2 rings (SSSR count). The molecule has 0 heterocycles. The summed E-state index contributed by atoms with van der Waals surface area (Å²) in [6, 6.07) is 5.91. The van der Waals surface area contributed by atoms with Gasteiger partial charge >= 0.3 is 0 Å². The quantitative estimate of drug-likeness (QED) is 0.834. The third kappa shape index (κ3) is 3.48. The second-order valence-electron chi connectivity index (χ2n) is 4.32. The zero-order chi connectivity index (χ0) is 12.1. The minimum Gasteiger partial charge on any atom is -0.485 e. The molecule has 0 spiro atoms. The molecule has 17 heavy (non-hydrogen) atoms. The monoisotopic (exact) mass is 251 g/mol. The van der Waals surface area contributed by atoms with Crippen LogP contribution < -0.4 is 10.5 Å². The van der Waals surface area contributed by atoms with Crippen molar-refractivity contribution in [1.82, 2.24) is 0 Å². The number of benzene rings is 1. The van der Waals surface area contributed by atoms with Gasteiger partial charge < -0.3 is 10.5 Å². The molecule has 92 valence electrons. The van der Waals surface area contributed by atoms with Crippen LogP contribution in [-0.4, -0.2) is 12.6 Å². The molecule has 0 aromatic heterocycles. The summed E-state index contributed by atoms with van der Waals surface area (Å²) in [5.41, 5.74) is 6.67. The van der Waals surface area contributed by atoms with Gasteiger partial charge in [0.2, 0.25) is 0 Å². The van der Waals surface area contributed by atoms with Gasteiger partial charge in [-0.15, -0.1) is 0 Å². The van der Waals surface area contributed by atoms with E-state index in [1.165, 1.54) is 6.42 Å². The van der Waals surface area contributed by atoms with Crippen LogP contribution >= 0.6 is 11.6 Å². The predicted molar refractivity (Wildman–Crippen MR) is 71.6 cm³/mol. The van der Waals surface area contributed by atoms with Crippen LogP contribution in [0.5, 0.6) is 5.75 Å². The molecule has 1 atom stereocenters. The Morgan fingerprint density at radius 1 is 1.41 bits per heavy atom. The third-order valence-corrected chi connectivity index (χ3v) is 3.21. The molecular weight excluding hydrogens is 234 g/mol. The molecule has 2 N–H and O–H groups in total. The fourth-order valence-electron chi connectivity index (χ4n) is 2.00. The van der Waals surface area contributed by atoms with Gasteiger partial charge in [0.25, 0.3) is 0 Å². The van der Waals surface area contributed by atoms with Crippen LogP contribution in [0.3, 0.4) is 0 Å². The van der Waals surface area contributed by atoms with Crippen LogP contribution in [-0.2, 0) is 6.42 Å². The van der Waals surface area contributed by atoms with Crippen molar-refractivity contribution in [3.05, 3.63) is 40.9 Å². The van der Waals surface area contributed by atoms with Gasteiger partial charge in [-0.2, -0.15) is 0 Å². The maximum Gasteiger partial charge on any atom is 0.138 e. The average molecular weight is 252 g/mol. The lowest BCUT2D eigenvalue weighted by atomic mass is 10.1. The normalized spacial score (nSPS) is 19.3. The Balaban J connectivity index is 2.05. The van der Waals surface area contributed by atoms with Gasteiger partial charge in [-0.3, -0.25) is 0 Å². The molecule has 2 nitrogen and oxygen atoms in total. The molecule has 1 unspecified atom stereocenters. The van der Waals surface area contributed by atoms with Gasteiger partial charge in [-0.1, -0.05) is 23.7 Å². The summed E-state index contributed by atoms with van der Waals surface area (Å²) in [5, 5.41) is 0.676. The first kappa shape index (κ1) is 12.5. The Bertz CT molecular complexity index is 403. The zero-order valence-electron chi connectivity index (χ0n) is 9.86. The number of hydrogen-bond acceptors (Lipinski definition) is 2. The van der Waals surface area contributed by atoms with E-state index in [2.05, 4.69) is 12.2 Å². The molecule has 0 radical (unpaired) electrons. The summed E-state index contributed by atoms with van der Waals surface area (Å²) in [6.07, 6.45) is 8.72. The Hall–Kier alpha value is -0.990. The van der Waals surface area contributed by atoms with Crippen molar-refractivity contribution in [2.75, 3.05) is 6.54 Å². The molecule has 3 heteroatoms. The van der Waals surface area contributed by atoms with Crippen molar-refractivity contribution in [3.8, 4) is 5.75 Å². The summed E-state index contributed by atoms with van der Waals surface area (Å²) in [4.78, 5) is 0. The van der Waals surface area contributed by atoms with Crippen LogP contribution in [0.25, 0.3) is 0 Å². The van der Waals surface area contributed by atoms with Gasteiger partial charge in [0.1, 0.15) is 11.9 Å². The lowest BCUT2D eigenvalue weighted by Crippen LogP contribution is -2.15. The van der Waals surface area contributed by atoms with Crippen LogP contribution in [0, 0.1) is 0 Å². The largest absolute Gasteiger partial charge is 0.485 e. The Labute approximate surface area is 107 Å². The van der Waals surface area contributed by atoms with E-state index in [1.807, 2.05) is 18.2 Å². The molecule has 1 aliphatic carbocycles. The van der Waals surface area contributed by atoms with Gasteiger partial charge in [0.15, 0.2) is 0 Å². The first-order chi connectivity index (χ1) is 8.29. The van der Waals surface area contributed by atoms with Crippen LogP contribution in [0.15, 0.2) is 30.4 Å². The van der Waals surface area contributed by atoms with Gasteiger partial charge in [0.05, 0.1) is 5.02 Å². The highest BCUT2D eigenvalue weighted by atomic mass is 35.5. The molecule has 1 aromatic carbocycles. The van der Waals surface area contributed by atoms with Gasteiger partial charge in [-0.25, -0.2) is 0 Å². The van der Waals surface area contributed by atoms with Crippen LogP contribution in [0.2, 0.25) is 5.02 Å². The van der Waals surface area contributed by atoms with Crippen molar-refractivity contribution in [1.29, 1.82) is 0 Å². The minimum absolute atomic E-state index is 0.168. The van der Waals surface area contributed by atoms with Crippen molar-refractivity contribution in [2.45, 2.75) is 31.8 Å². The van der Waals surface area contributed by atoms with E-state index in [0.29, 0.717) is 11.6 Å². The van der Waals surface area contributed by atoms with E-state index in [-0.39, 0.29) is 6.10 Å². The number of nitrogens with two attached hydrogens (primary N) is 1. The first-order valence-electron chi connectivity index (χ1n) is 6.11. The second-order valence-corrected chi connectivity index (χ2v) is 4.73. The van der Waals surface area contributed by atoms with Crippen molar-refractivity contribution in [2.24, 2.45) is 5.73 Å². The topological polar surface area (TPSA) is 35.2 Å². The van der Waals surface area contributed by atoms with Crippen molar-refractivity contribution >= 4 is 11.6 Å². The maximum atomic E-state index is 6.19. The number of ether oxygens (including phenoxy) is 1. The van der Waals surface area contributed by atoms with E-state index in [1.54, 1.807) is 0 Å². The Morgan fingerprint density at radius 2 is 2.29 bits per heavy atom. The molecular formula is C14H18ClNO. The van der Waals surface area contributed by atoms with E-state index in [0.717, 1.165) is 30.6 Å². The van der Waals surface area contributed by atoms with Gasteiger partial charge in [-0.05, 0) is 56.0 Å². The van der Waals surface area contributed by atoms with E-state index in [9.17, 15) is 0 Å². The molecule has 1 aromatic rings. The highest BCUT2D eigenvalue weighted by Gasteiger charge is 2.12. The number of halogens is 1. The number of rotatable bonds is 4. The molecule has 0 amide bonds. The molecule has 1 aliphatic rings. The van der Waals surface area contributed by atoms with Crippen LogP contribution in [0.4, 0.5) is 0 Å². The Kier molecular flexibility index (Phi) is 4.46. The summed E-state index contributed by atoms with van der Waals surface area (Å²) in [7, 11) is 0. The average Bonchev–Trinajstić information content (AvgIpc) is 2.34. The lowest BCUT2D eigenvalue weighted by molar-refractivity contribution is 0.230. The fourth-order valence-corrected chi connectivity index (χ4v) is 2.25. The first-order valence-corrected chi connectivity index (χ1v) is 6.49. The predicted octanol–water partition coefficient (Wildman–Crippen LogP) is 3.33. The number of hydrogen-bond donors (Lipinski definition) is 1. The number of allylic oxidation sites excluding steroid dienone is 1. The molecule has 0 aliphatic heterocycles.